The molecule has 0 aromatic heterocycles. The van der Waals surface area contributed by atoms with Crippen molar-refractivity contribution in [2.45, 2.75) is 12.3 Å². The first-order valence-electron chi connectivity index (χ1n) is 11.2. The van der Waals surface area contributed by atoms with Gasteiger partial charge in [0.05, 0.1) is 12.9 Å². The molecule has 0 spiro atoms. The number of nitrogens with one attached hydrogen (secondary N) is 1. The van der Waals surface area contributed by atoms with Gasteiger partial charge >= 0.3 is 5.97 Å². The lowest BCUT2D eigenvalue weighted by molar-refractivity contribution is -0.142. The quantitative estimate of drug-likeness (QED) is 0.258. The Morgan fingerprint density at radius 3 is 1.88 bits per heavy atom. The number of methoxy groups -OCH3 is 1. The Morgan fingerprint density at radius 1 is 0.765 bits per heavy atom. The molecule has 1 unspecified atom stereocenters. The van der Waals surface area contributed by atoms with Crippen LogP contribution in [0.2, 0.25) is 0 Å². The Kier molecular flexibility index (Phi) is 8.45. The van der Waals surface area contributed by atoms with E-state index >= 15 is 0 Å². The van der Waals surface area contributed by atoms with E-state index in [4.69, 9.17) is 9.47 Å². The summed E-state index contributed by atoms with van der Waals surface area (Å²) in [5.41, 5.74) is 2.22. The minimum Gasteiger partial charge on any atom is -0.482 e. The SMILES string of the molecule is COC(=O)COc1ccccc1C(NCc1ccccc1)P(c1ccccc1)c1ccccc1. The van der Waals surface area contributed by atoms with Gasteiger partial charge in [0, 0.05) is 12.1 Å². The second kappa shape index (κ2) is 12.1. The zero-order valence-corrected chi connectivity index (χ0v) is 20.0. The molecule has 4 nitrogen and oxygen atoms in total. The van der Waals surface area contributed by atoms with Crippen molar-refractivity contribution in [3.63, 3.8) is 0 Å². The maximum atomic E-state index is 11.8. The minimum absolute atomic E-state index is 0.0474. The van der Waals surface area contributed by atoms with E-state index in [1.54, 1.807) is 0 Å². The standard InChI is InChI=1S/C29H28NO3P/c1-32-28(31)22-33-27-20-12-11-19-26(27)29(30-21-23-13-5-2-6-14-23)34(24-15-7-3-8-16-24)25-17-9-4-10-18-25/h2-20,29-30H,21-22H2,1H3. The smallest absolute Gasteiger partial charge is 0.343 e. The van der Waals surface area contributed by atoms with E-state index in [9.17, 15) is 4.79 Å². The normalized spacial score (nSPS) is 11.7. The molecule has 0 aliphatic rings. The topological polar surface area (TPSA) is 47.6 Å². The van der Waals surface area contributed by atoms with Gasteiger partial charge in [-0.3, -0.25) is 0 Å². The second-order valence-electron chi connectivity index (χ2n) is 7.71. The molecule has 0 saturated heterocycles. The number of carbonyl (C=O) groups is 1. The van der Waals surface area contributed by atoms with Gasteiger partial charge < -0.3 is 14.8 Å². The zero-order chi connectivity index (χ0) is 23.6. The fourth-order valence-corrected chi connectivity index (χ4v) is 6.46. The molecule has 4 aromatic carbocycles. The number of esters is 1. The summed E-state index contributed by atoms with van der Waals surface area (Å²) >= 11 is 0. The zero-order valence-electron chi connectivity index (χ0n) is 19.1. The van der Waals surface area contributed by atoms with E-state index in [1.807, 2.05) is 36.4 Å². The number of para-hydroxylation sites is 1. The Bertz CT molecular complexity index is 1130. The fraction of sp³-hybridized carbons (Fsp3) is 0.138. The molecule has 0 saturated carbocycles. The van der Waals surface area contributed by atoms with Crippen LogP contribution in [0.3, 0.4) is 0 Å². The minimum atomic E-state index is -0.840. The first-order valence-corrected chi connectivity index (χ1v) is 12.6. The number of hydrogen-bond acceptors (Lipinski definition) is 4. The highest BCUT2D eigenvalue weighted by Crippen LogP contribution is 2.50. The van der Waals surface area contributed by atoms with Crippen LogP contribution >= 0.6 is 7.92 Å². The summed E-state index contributed by atoms with van der Waals surface area (Å²) in [6.07, 6.45) is 0. The highest BCUT2D eigenvalue weighted by atomic mass is 31.1. The monoisotopic (exact) mass is 469 g/mol. The van der Waals surface area contributed by atoms with Crippen LogP contribution in [0.15, 0.2) is 115 Å². The van der Waals surface area contributed by atoms with E-state index in [0.717, 1.165) is 5.56 Å². The fourth-order valence-electron chi connectivity index (χ4n) is 3.81. The molecule has 5 heteroatoms. The third kappa shape index (κ3) is 6.11. The number of hydrogen-bond donors (Lipinski definition) is 1. The molecule has 0 heterocycles. The number of benzene rings is 4. The molecular formula is C29H28NO3P. The first-order chi connectivity index (χ1) is 16.8. The predicted octanol–water partition coefficient (Wildman–Crippen LogP) is 5.16. The molecule has 0 aliphatic carbocycles. The summed E-state index contributed by atoms with van der Waals surface area (Å²) in [6.45, 7) is 0.572. The van der Waals surface area contributed by atoms with Crippen molar-refractivity contribution in [2.24, 2.45) is 0 Å². The van der Waals surface area contributed by atoms with Crippen LogP contribution in [0.5, 0.6) is 5.75 Å². The maximum Gasteiger partial charge on any atom is 0.343 e. The molecule has 4 aromatic rings. The molecule has 172 valence electrons. The lowest BCUT2D eigenvalue weighted by Crippen LogP contribution is -2.28. The van der Waals surface area contributed by atoms with Crippen molar-refractivity contribution in [3.8, 4) is 5.75 Å². The Labute approximate surface area is 202 Å². The number of rotatable bonds is 10. The average molecular weight is 470 g/mol. The van der Waals surface area contributed by atoms with Gasteiger partial charge in [-0.15, -0.1) is 0 Å². The largest absolute Gasteiger partial charge is 0.482 e. The molecule has 0 radical (unpaired) electrons. The lowest BCUT2D eigenvalue weighted by Gasteiger charge is -2.31. The summed E-state index contributed by atoms with van der Waals surface area (Å²) in [5, 5.41) is 6.35. The van der Waals surface area contributed by atoms with Crippen LogP contribution in [-0.2, 0) is 16.1 Å². The van der Waals surface area contributed by atoms with Crippen molar-refractivity contribution in [1.29, 1.82) is 0 Å². The summed E-state index contributed by atoms with van der Waals surface area (Å²) in [7, 11) is 0.527. The van der Waals surface area contributed by atoms with Crippen molar-refractivity contribution in [1.82, 2.24) is 5.32 Å². The van der Waals surface area contributed by atoms with Gasteiger partial charge in [-0.25, -0.2) is 4.79 Å². The van der Waals surface area contributed by atoms with Crippen LogP contribution in [0.4, 0.5) is 0 Å². The highest BCUT2D eigenvalue weighted by molar-refractivity contribution is 7.73. The Morgan fingerprint density at radius 2 is 1.29 bits per heavy atom. The van der Waals surface area contributed by atoms with Crippen molar-refractivity contribution >= 4 is 24.5 Å². The molecule has 0 fully saturated rings. The van der Waals surface area contributed by atoms with Gasteiger partial charge in [-0.1, -0.05) is 109 Å². The van der Waals surface area contributed by atoms with Gasteiger partial charge in [0.1, 0.15) is 5.75 Å². The summed E-state index contributed by atoms with van der Waals surface area (Å²) in [5.74, 6) is 0.226. The molecule has 1 atom stereocenters. The number of carbonyl (C=O) groups excluding carboxylic acids is 1. The molecule has 4 rings (SSSR count). The second-order valence-corrected chi connectivity index (χ2v) is 10.0. The summed E-state index contributed by atoms with van der Waals surface area (Å²) in [6, 6.07) is 39.5. The van der Waals surface area contributed by atoms with Gasteiger partial charge in [0.2, 0.25) is 0 Å². The Hall–Kier alpha value is -3.46. The van der Waals surface area contributed by atoms with Crippen molar-refractivity contribution in [2.75, 3.05) is 13.7 Å². The van der Waals surface area contributed by atoms with Crippen LogP contribution in [0.1, 0.15) is 16.9 Å². The van der Waals surface area contributed by atoms with E-state index in [0.29, 0.717) is 12.3 Å². The van der Waals surface area contributed by atoms with Crippen LogP contribution in [0, 0.1) is 0 Å². The van der Waals surface area contributed by atoms with Gasteiger partial charge in [-0.2, -0.15) is 0 Å². The first kappa shape index (κ1) is 23.7. The predicted molar refractivity (Wildman–Crippen MR) is 139 cm³/mol. The van der Waals surface area contributed by atoms with Crippen LogP contribution in [0.25, 0.3) is 0 Å². The van der Waals surface area contributed by atoms with Crippen LogP contribution in [-0.4, -0.2) is 19.7 Å². The van der Waals surface area contributed by atoms with Gasteiger partial charge in [0.15, 0.2) is 6.61 Å². The summed E-state index contributed by atoms with van der Waals surface area (Å²) < 4.78 is 10.7. The third-order valence-electron chi connectivity index (χ3n) is 5.46. The van der Waals surface area contributed by atoms with Gasteiger partial charge in [-0.05, 0) is 30.2 Å². The van der Waals surface area contributed by atoms with E-state index in [-0.39, 0.29) is 12.4 Å². The number of ether oxygens (including phenoxy) is 2. The molecular weight excluding hydrogens is 441 g/mol. The summed E-state index contributed by atoms with van der Waals surface area (Å²) in [4.78, 5) is 11.8. The lowest BCUT2D eigenvalue weighted by atomic mass is 10.1. The van der Waals surface area contributed by atoms with E-state index in [1.165, 1.54) is 23.3 Å². The maximum absolute atomic E-state index is 11.8. The van der Waals surface area contributed by atoms with E-state index < -0.39 is 13.9 Å². The Balaban J connectivity index is 1.78. The van der Waals surface area contributed by atoms with E-state index in [2.05, 4.69) is 84.2 Å². The molecule has 0 amide bonds. The average Bonchev–Trinajstić information content (AvgIpc) is 2.91. The van der Waals surface area contributed by atoms with Crippen molar-refractivity contribution in [3.05, 3.63) is 126 Å². The molecule has 0 aliphatic heterocycles. The third-order valence-corrected chi connectivity index (χ3v) is 8.14. The van der Waals surface area contributed by atoms with Gasteiger partial charge in [0.25, 0.3) is 0 Å². The molecule has 34 heavy (non-hydrogen) atoms. The molecule has 0 bridgehead atoms. The molecule has 1 N–H and O–H groups in total. The van der Waals surface area contributed by atoms with Crippen LogP contribution < -0.4 is 20.7 Å². The highest BCUT2D eigenvalue weighted by Gasteiger charge is 2.28. The van der Waals surface area contributed by atoms with Crippen molar-refractivity contribution < 1.29 is 14.3 Å².